The predicted molar refractivity (Wildman–Crippen MR) is 81.3 cm³/mol. The largest absolute Gasteiger partial charge is 0.325 e. The summed E-state index contributed by atoms with van der Waals surface area (Å²) in [6.07, 6.45) is 6.13. The highest BCUT2D eigenvalue weighted by molar-refractivity contribution is 14.1. The van der Waals surface area contributed by atoms with Crippen molar-refractivity contribution in [3.8, 4) is 0 Å². The zero-order valence-corrected chi connectivity index (χ0v) is 12.5. The maximum Gasteiger partial charge on any atom is 0.224 e. The molecule has 1 aromatic rings. The lowest BCUT2D eigenvalue weighted by Gasteiger charge is -2.21. The fourth-order valence-corrected chi connectivity index (χ4v) is 4.15. The molecule has 1 aromatic carbocycles. The van der Waals surface area contributed by atoms with Gasteiger partial charge in [-0.3, -0.25) is 4.79 Å². The van der Waals surface area contributed by atoms with E-state index in [2.05, 4.69) is 27.9 Å². The fraction of sp³-hybridized carbons (Fsp3) is 0.533. The molecule has 0 saturated heterocycles. The van der Waals surface area contributed by atoms with Gasteiger partial charge in [0.15, 0.2) is 0 Å². The van der Waals surface area contributed by atoms with Crippen molar-refractivity contribution in [3.05, 3.63) is 27.8 Å². The SMILES string of the molecule is O=C(C[C@H]1C[C@@H]2CC[C@@H]1C2)Nc1ccccc1I. The van der Waals surface area contributed by atoms with Crippen LogP contribution in [0.3, 0.4) is 0 Å². The van der Waals surface area contributed by atoms with Gasteiger partial charge in [0.1, 0.15) is 0 Å². The highest BCUT2D eigenvalue weighted by Gasteiger charge is 2.40. The number of fused-ring (bicyclic) bond motifs is 2. The molecule has 0 unspecified atom stereocenters. The van der Waals surface area contributed by atoms with Crippen LogP contribution in [0.5, 0.6) is 0 Å². The van der Waals surface area contributed by atoms with Crippen molar-refractivity contribution in [2.45, 2.75) is 32.1 Å². The zero-order valence-electron chi connectivity index (χ0n) is 10.4. The molecular weight excluding hydrogens is 337 g/mol. The van der Waals surface area contributed by atoms with Gasteiger partial charge >= 0.3 is 0 Å². The third kappa shape index (κ3) is 2.56. The number of amides is 1. The van der Waals surface area contributed by atoms with Crippen LogP contribution in [0.2, 0.25) is 0 Å². The molecule has 3 rings (SSSR count). The first-order chi connectivity index (χ1) is 8.72. The number of hydrogen-bond donors (Lipinski definition) is 1. The van der Waals surface area contributed by atoms with Gasteiger partial charge in [0, 0.05) is 9.99 Å². The van der Waals surface area contributed by atoms with Gasteiger partial charge in [0.05, 0.1) is 5.69 Å². The van der Waals surface area contributed by atoms with Gasteiger partial charge in [-0.1, -0.05) is 18.6 Å². The molecule has 0 spiro atoms. The number of hydrogen-bond acceptors (Lipinski definition) is 1. The van der Waals surface area contributed by atoms with E-state index in [0.717, 1.165) is 21.1 Å². The third-order valence-corrected chi connectivity index (χ3v) is 5.42. The van der Waals surface area contributed by atoms with E-state index in [-0.39, 0.29) is 5.91 Å². The Morgan fingerprint density at radius 1 is 1.28 bits per heavy atom. The maximum absolute atomic E-state index is 12.1. The second-order valence-corrected chi connectivity index (χ2v) is 6.83. The topological polar surface area (TPSA) is 29.1 Å². The van der Waals surface area contributed by atoms with Crippen LogP contribution in [0.25, 0.3) is 0 Å². The lowest BCUT2D eigenvalue weighted by molar-refractivity contribution is -0.117. The number of benzene rings is 1. The van der Waals surface area contributed by atoms with Crippen molar-refractivity contribution in [2.75, 3.05) is 5.32 Å². The number of rotatable bonds is 3. The molecule has 0 aromatic heterocycles. The molecule has 2 bridgehead atoms. The number of para-hydroxylation sites is 1. The van der Waals surface area contributed by atoms with E-state index < -0.39 is 0 Å². The molecule has 0 aliphatic heterocycles. The summed E-state index contributed by atoms with van der Waals surface area (Å²) in [4.78, 5) is 12.1. The Bertz CT molecular complexity index is 460. The molecule has 0 heterocycles. The molecule has 1 amide bonds. The Kier molecular flexibility index (Phi) is 3.59. The Morgan fingerprint density at radius 2 is 2.11 bits per heavy atom. The van der Waals surface area contributed by atoms with Crippen LogP contribution in [0.1, 0.15) is 32.1 Å². The van der Waals surface area contributed by atoms with Crippen LogP contribution in [0.4, 0.5) is 5.69 Å². The minimum Gasteiger partial charge on any atom is -0.325 e. The molecule has 2 aliphatic rings. The average Bonchev–Trinajstić information content (AvgIpc) is 2.94. The summed E-state index contributed by atoms with van der Waals surface area (Å²) in [5, 5.41) is 3.05. The summed E-state index contributed by atoms with van der Waals surface area (Å²) in [6.45, 7) is 0. The molecule has 2 saturated carbocycles. The fourth-order valence-electron chi connectivity index (χ4n) is 3.63. The van der Waals surface area contributed by atoms with Crippen molar-refractivity contribution >= 4 is 34.2 Å². The monoisotopic (exact) mass is 355 g/mol. The highest BCUT2D eigenvalue weighted by atomic mass is 127. The van der Waals surface area contributed by atoms with Gasteiger partial charge in [-0.2, -0.15) is 0 Å². The molecule has 2 nitrogen and oxygen atoms in total. The second-order valence-electron chi connectivity index (χ2n) is 5.67. The van der Waals surface area contributed by atoms with Gasteiger partial charge in [-0.25, -0.2) is 0 Å². The Morgan fingerprint density at radius 3 is 2.78 bits per heavy atom. The first-order valence-electron chi connectivity index (χ1n) is 6.77. The maximum atomic E-state index is 12.1. The second kappa shape index (κ2) is 5.19. The van der Waals surface area contributed by atoms with Crippen LogP contribution in [-0.4, -0.2) is 5.91 Å². The smallest absolute Gasteiger partial charge is 0.224 e. The van der Waals surface area contributed by atoms with E-state index in [0.29, 0.717) is 12.3 Å². The lowest BCUT2D eigenvalue weighted by Crippen LogP contribution is -2.20. The molecular formula is C15H18INO. The van der Waals surface area contributed by atoms with Gasteiger partial charge in [-0.05, 0) is 71.7 Å². The summed E-state index contributed by atoms with van der Waals surface area (Å²) in [6, 6.07) is 7.96. The summed E-state index contributed by atoms with van der Waals surface area (Å²) in [5.74, 6) is 2.59. The molecule has 96 valence electrons. The van der Waals surface area contributed by atoms with E-state index in [1.165, 1.54) is 25.7 Å². The van der Waals surface area contributed by atoms with Crippen LogP contribution >= 0.6 is 22.6 Å². The van der Waals surface area contributed by atoms with Gasteiger partial charge in [0.2, 0.25) is 5.91 Å². The summed E-state index contributed by atoms with van der Waals surface area (Å²) in [7, 11) is 0. The Labute approximate surface area is 122 Å². The lowest BCUT2D eigenvalue weighted by atomic mass is 9.86. The number of anilines is 1. The van der Waals surface area contributed by atoms with Crippen molar-refractivity contribution in [1.29, 1.82) is 0 Å². The van der Waals surface area contributed by atoms with E-state index in [9.17, 15) is 4.79 Å². The van der Waals surface area contributed by atoms with Crippen LogP contribution in [0.15, 0.2) is 24.3 Å². The first kappa shape index (κ1) is 12.5. The number of carbonyl (C=O) groups is 1. The molecule has 2 aliphatic carbocycles. The molecule has 2 fully saturated rings. The standard InChI is InChI=1S/C15H18INO/c16-13-3-1-2-4-14(13)17-15(18)9-12-8-10-5-6-11(12)7-10/h1-4,10-12H,5-9H2,(H,17,18)/t10-,11-,12-/m1/s1. The summed E-state index contributed by atoms with van der Waals surface area (Å²) >= 11 is 2.26. The average molecular weight is 355 g/mol. The van der Waals surface area contributed by atoms with Crippen molar-refractivity contribution in [1.82, 2.24) is 0 Å². The Hall–Kier alpha value is -0.580. The molecule has 0 radical (unpaired) electrons. The van der Waals surface area contributed by atoms with E-state index in [1.807, 2.05) is 24.3 Å². The zero-order chi connectivity index (χ0) is 12.5. The van der Waals surface area contributed by atoms with E-state index in [4.69, 9.17) is 0 Å². The first-order valence-corrected chi connectivity index (χ1v) is 7.84. The van der Waals surface area contributed by atoms with Crippen molar-refractivity contribution in [3.63, 3.8) is 0 Å². The van der Waals surface area contributed by atoms with Crippen LogP contribution in [-0.2, 0) is 4.79 Å². The van der Waals surface area contributed by atoms with E-state index in [1.54, 1.807) is 0 Å². The summed E-state index contributed by atoms with van der Waals surface area (Å²) in [5.41, 5.74) is 0.950. The Balaban J connectivity index is 1.58. The molecule has 1 N–H and O–H groups in total. The quantitative estimate of drug-likeness (QED) is 0.815. The molecule has 18 heavy (non-hydrogen) atoms. The van der Waals surface area contributed by atoms with Gasteiger partial charge in [-0.15, -0.1) is 0 Å². The minimum atomic E-state index is 0.191. The van der Waals surface area contributed by atoms with Crippen molar-refractivity contribution < 1.29 is 4.79 Å². The number of carbonyl (C=O) groups excluding carboxylic acids is 1. The number of nitrogens with one attached hydrogen (secondary N) is 1. The molecule has 3 atom stereocenters. The third-order valence-electron chi connectivity index (χ3n) is 4.48. The molecule has 3 heteroatoms. The van der Waals surface area contributed by atoms with Gasteiger partial charge < -0.3 is 5.32 Å². The van der Waals surface area contributed by atoms with E-state index >= 15 is 0 Å². The van der Waals surface area contributed by atoms with Crippen LogP contribution in [0, 0.1) is 21.3 Å². The summed E-state index contributed by atoms with van der Waals surface area (Å²) < 4.78 is 1.11. The van der Waals surface area contributed by atoms with Crippen molar-refractivity contribution in [2.24, 2.45) is 17.8 Å². The number of halogens is 1. The predicted octanol–water partition coefficient (Wildman–Crippen LogP) is 4.06. The minimum absolute atomic E-state index is 0.191. The highest BCUT2D eigenvalue weighted by Crippen LogP contribution is 2.49. The van der Waals surface area contributed by atoms with Gasteiger partial charge in [0.25, 0.3) is 0 Å². The van der Waals surface area contributed by atoms with Crippen LogP contribution < -0.4 is 5.32 Å². The normalized spacial score (nSPS) is 29.5.